The normalized spacial score (nSPS) is 25.4. The van der Waals surface area contributed by atoms with Crippen LogP contribution in [0.3, 0.4) is 0 Å². The minimum absolute atomic E-state index is 0.00590. The van der Waals surface area contributed by atoms with E-state index in [2.05, 4.69) is 17.6 Å². The van der Waals surface area contributed by atoms with E-state index in [9.17, 15) is 4.79 Å². The molecule has 1 unspecified atom stereocenters. The van der Waals surface area contributed by atoms with Gasteiger partial charge in [0, 0.05) is 24.4 Å². The molecule has 3 rings (SSSR count). The number of carbonyl (C=O) groups is 1. The maximum absolute atomic E-state index is 12.4. The first-order valence-corrected chi connectivity index (χ1v) is 7.43. The van der Waals surface area contributed by atoms with E-state index in [0.29, 0.717) is 6.61 Å². The zero-order valence-corrected chi connectivity index (χ0v) is 12.0. The van der Waals surface area contributed by atoms with E-state index in [1.807, 2.05) is 18.2 Å². The third-order valence-electron chi connectivity index (χ3n) is 4.16. The lowest BCUT2D eigenvalue weighted by Gasteiger charge is -2.34. The molecule has 0 aliphatic carbocycles. The Hall–Kier alpha value is -1.55. The summed E-state index contributed by atoms with van der Waals surface area (Å²) in [5.41, 5.74) is 2.93. The van der Waals surface area contributed by atoms with Crippen LogP contribution in [0.15, 0.2) is 18.2 Å². The average molecular weight is 274 g/mol. The molecule has 0 aromatic heterocycles. The summed E-state index contributed by atoms with van der Waals surface area (Å²) in [7, 11) is 0. The molecule has 0 radical (unpaired) electrons. The van der Waals surface area contributed by atoms with E-state index in [-0.39, 0.29) is 11.4 Å². The first-order chi connectivity index (χ1) is 9.66. The van der Waals surface area contributed by atoms with E-state index < -0.39 is 0 Å². The van der Waals surface area contributed by atoms with Crippen LogP contribution in [0.25, 0.3) is 0 Å². The van der Waals surface area contributed by atoms with Crippen molar-refractivity contribution in [3.63, 3.8) is 0 Å². The molecule has 2 N–H and O–H groups in total. The summed E-state index contributed by atoms with van der Waals surface area (Å²) >= 11 is 0. The standard InChI is InChI=1S/C16H22N2O2/c1-16(7-3-9-20-11-16)18-15(19)13-5-6-14-12(10-13)4-2-8-17-14/h5-6,10,17H,2-4,7-9,11H2,1H3,(H,18,19). The van der Waals surface area contributed by atoms with Crippen molar-refractivity contribution in [1.82, 2.24) is 5.32 Å². The summed E-state index contributed by atoms with van der Waals surface area (Å²) in [6, 6.07) is 5.94. The molecule has 2 heterocycles. The van der Waals surface area contributed by atoms with Gasteiger partial charge in [-0.05, 0) is 56.4 Å². The molecule has 1 saturated heterocycles. The number of amides is 1. The number of fused-ring (bicyclic) bond motifs is 1. The highest BCUT2D eigenvalue weighted by Crippen LogP contribution is 2.24. The molecule has 0 saturated carbocycles. The largest absolute Gasteiger partial charge is 0.385 e. The number of ether oxygens (including phenoxy) is 1. The summed E-state index contributed by atoms with van der Waals surface area (Å²) in [5.74, 6) is 0.00590. The molecule has 1 amide bonds. The van der Waals surface area contributed by atoms with Crippen LogP contribution in [0.5, 0.6) is 0 Å². The van der Waals surface area contributed by atoms with Crippen molar-refractivity contribution in [2.24, 2.45) is 0 Å². The third-order valence-corrected chi connectivity index (χ3v) is 4.16. The quantitative estimate of drug-likeness (QED) is 0.870. The average Bonchev–Trinajstić information content (AvgIpc) is 2.47. The number of carbonyl (C=O) groups excluding carboxylic acids is 1. The molecule has 1 aromatic rings. The molecule has 1 aromatic carbocycles. The third kappa shape index (κ3) is 2.80. The van der Waals surface area contributed by atoms with Crippen molar-refractivity contribution >= 4 is 11.6 Å². The highest BCUT2D eigenvalue weighted by molar-refractivity contribution is 5.95. The Morgan fingerprint density at radius 3 is 3.10 bits per heavy atom. The second-order valence-electron chi connectivity index (χ2n) is 6.07. The van der Waals surface area contributed by atoms with Gasteiger partial charge in [-0.1, -0.05) is 0 Å². The number of nitrogens with one attached hydrogen (secondary N) is 2. The number of hydrogen-bond donors (Lipinski definition) is 2. The number of benzene rings is 1. The summed E-state index contributed by atoms with van der Waals surface area (Å²) in [5, 5.41) is 6.50. The summed E-state index contributed by atoms with van der Waals surface area (Å²) < 4.78 is 5.49. The van der Waals surface area contributed by atoms with Crippen LogP contribution in [0.2, 0.25) is 0 Å². The molecule has 108 valence electrons. The van der Waals surface area contributed by atoms with Crippen LogP contribution in [0, 0.1) is 0 Å². The Labute approximate surface area is 119 Å². The minimum atomic E-state index is -0.233. The van der Waals surface area contributed by atoms with E-state index in [4.69, 9.17) is 4.74 Å². The van der Waals surface area contributed by atoms with Gasteiger partial charge in [0.05, 0.1) is 12.1 Å². The van der Waals surface area contributed by atoms with Crippen LogP contribution >= 0.6 is 0 Å². The summed E-state index contributed by atoms with van der Waals surface area (Å²) in [4.78, 5) is 12.4. The Morgan fingerprint density at radius 1 is 1.40 bits per heavy atom. The molecule has 20 heavy (non-hydrogen) atoms. The van der Waals surface area contributed by atoms with Crippen molar-refractivity contribution < 1.29 is 9.53 Å². The lowest BCUT2D eigenvalue weighted by atomic mass is 9.94. The van der Waals surface area contributed by atoms with Crippen molar-refractivity contribution in [1.29, 1.82) is 0 Å². The van der Waals surface area contributed by atoms with E-state index in [0.717, 1.165) is 44.4 Å². The van der Waals surface area contributed by atoms with E-state index in [1.54, 1.807) is 0 Å². The maximum atomic E-state index is 12.4. The van der Waals surface area contributed by atoms with Crippen molar-refractivity contribution in [2.45, 2.75) is 38.1 Å². The lowest BCUT2D eigenvalue weighted by molar-refractivity contribution is 0.0272. The first-order valence-electron chi connectivity index (χ1n) is 7.43. The second-order valence-corrected chi connectivity index (χ2v) is 6.07. The monoisotopic (exact) mass is 274 g/mol. The van der Waals surface area contributed by atoms with Crippen LogP contribution in [-0.4, -0.2) is 31.2 Å². The SMILES string of the molecule is CC1(NC(=O)c2ccc3c(c2)CCCN3)CCCOC1. The van der Waals surface area contributed by atoms with E-state index in [1.165, 1.54) is 11.3 Å². The predicted molar refractivity (Wildman–Crippen MR) is 79.2 cm³/mol. The number of aryl methyl sites for hydroxylation is 1. The van der Waals surface area contributed by atoms with Gasteiger partial charge >= 0.3 is 0 Å². The number of anilines is 1. The molecule has 1 atom stereocenters. The lowest BCUT2D eigenvalue weighted by Crippen LogP contribution is -2.51. The highest BCUT2D eigenvalue weighted by Gasteiger charge is 2.29. The summed E-state index contributed by atoms with van der Waals surface area (Å²) in [6.45, 7) is 4.49. The van der Waals surface area contributed by atoms with E-state index >= 15 is 0 Å². The van der Waals surface area contributed by atoms with Gasteiger partial charge in [-0.25, -0.2) is 0 Å². The zero-order chi connectivity index (χ0) is 14.0. The molecule has 4 heteroatoms. The van der Waals surface area contributed by atoms with Gasteiger partial charge in [0.25, 0.3) is 5.91 Å². The molecule has 1 fully saturated rings. The molecular formula is C16H22N2O2. The van der Waals surface area contributed by atoms with Gasteiger partial charge < -0.3 is 15.4 Å². The predicted octanol–water partition coefficient (Wildman–Crippen LogP) is 2.34. The van der Waals surface area contributed by atoms with Gasteiger partial charge in [0.15, 0.2) is 0 Å². The smallest absolute Gasteiger partial charge is 0.251 e. The molecule has 0 spiro atoms. The Morgan fingerprint density at radius 2 is 2.30 bits per heavy atom. The van der Waals surface area contributed by atoms with Crippen LogP contribution in [0.4, 0.5) is 5.69 Å². The Kier molecular flexibility index (Phi) is 3.66. The van der Waals surface area contributed by atoms with Crippen LogP contribution < -0.4 is 10.6 Å². The maximum Gasteiger partial charge on any atom is 0.251 e. The fourth-order valence-corrected chi connectivity index (χ4v) is 2.99. The topological polar surface area (TPSA) is 50.4 Å². The first kappa shape index (κ1) is 13.4. The Bertz CT molecular complexity index is 507. The van der Waals surface area contributed by atoms with Crippen LogP contribution in [0.1, 0.15) is 42.1 Å². The van der Waals surface area contributed by atoms with Crippen LogP contribution in [-0.2, 0) is 11.2 Å². The molecule has 2 aliphatic rings. The van der Waals surface area contributed by atoms with Gasteiger partial charge in [0.1, 0.15) is 0 Å². The van der Waals surface area contributed by atoms with Gasteiger partial charge in [0.2, 0.25) is 0 Å². The second kappa shape index (κ2) is 5.44. The number of hydrogen-bond acceptors (Lipinski definition) is 3. The highest BCUT2D eigenvalue weighted by atomic mass is 16.5. The van der Waals surface area contributed by atoms with Gasteiger partial charge in [-0.15, -0.1) is 0 Å². The van der Waals surface area contributed by atoms with Crippen molar-refractivity contribution in [2.75, 3.05) is 25.1 Å². The van der Waals surface area contributed by atoms with Gasteiger partial charge in [-0.3, -0.25) is 4.79 Å². The zero-order valence-electron chi connectivity index (χ0n) is 12.0. The molecular weight excluding hydrogens is 252 g/mol. The number of rotatable bonds is 2. The van der Waals surface area contributed by atoms with Gasteiger partial charge in [-0.2, -0.15) is 0 Å². The Balaban J connectivity index is 1.73. The van der Waals surface area contributed by atoms with Crippen molar-refractivity contribution in [3.05, 3.63) is 29.3 Å². The fourth-order valence-electron chi connectivity index (χ4n) is 2.99. The minimum Gasteiger partial charge on any atom is -0.385 e. The fraction of sp³-hybridized carbons (Fsp3) is 0.562. The molecule has 2 aliphatic heterocycles. The molecule has 0 bridgehead atoms. The molecule has 4 nitrogen and oxygen atoms in total. The summed E-state index contributed by atoms with van der Waals surface area (Å²) in [6.07, 6.45) is 4.16. The van der Waals surface area contributed by atoms with Crippen molar-refractivity contribution in [3.8, 4) is 0 Å².